The Kier molecular flexibility index (Phi) is 3.64. The van der Waals surface area contributed by atoms with Gasteiger partial charge in [-0.05, 0) is 18.4 Å². The van der Waals surface area contributed by atoms with Gasteiger partial charge in [0.15, 0.2) is 0 Å². The predicted octanol–water partition coefficient (Wildman–Crippen LogP) is 0.200. The summed E-state index contributed by atoms with van der Waals surface area (Å²) in [6.45, 7) is 6.93. The zero-order valence-electron chi connectivity index (χ0n) is 12.1. The first-order valence-electron chi connectivity index (χ1n) is 6.86. The predicted molar refractivity (Wildman–Crippen MR) is 70.5 cm³/mol. The highest BCUT2D eigenvalue weighted by Crippen LogP contribution is 2.48. The molecule has 2 rings (SSSR count). The van der Waals surface area contributed by atoms with Gasteiger partial charge in [0.25, 0.3) is 0 Å². The van der Waals surface area contributed by atoms with E-state index in [1.807, 2.05) is 0 Å². The highest BCUT2D eigenvalue weighted by atomic mass is 16.4. The molecule has 112 valence electrons. The second-order valence-corrected chi connectivity index (χ2v) is 6.05. The van der Waals surface area contributed by atoms with E-state index in [-0.39, 0.29) is 29.5 Å². The molecule has 1 saturated heterocycles. The molecule has 2 aliphatic heterocycles. The molecule has 0 aromatic carbocycles. The Bertz CT molecular complexity index is 482. The van der Waals surface area contributed by atoms with E-state index in [2.05, 4.69) is 0 Å². The lowest BCUT2D eigenvalue weighted by molar-refractivity contribution is -0.163. The summed E-state index contributed by atoms with van der Waals surface area (Å²) in [5, 5.41) is 29.3. The van der Waals surface area contributed by atoms with Crippen LogP contribution in [0.1, 0.15) is 27.7 Å². The van der Waals surface area contributed by atoms with Gasteiger partial charge in [-0.1, -0.05) is 20.8 Å². The van der Waals surface area contributed by atoms with Gasteiger partial charge in [-0.3, -0.25) is 4.79 Å². The Labute approximate surface area is 117 Å². The second kappa shape index (κ2) is 4.86. The summed E-state index contributed by atoms with van der Waals surface area (Å²) in [5.74, 6) is -2.57. The van der Waals surface area contributed by atoms with Crippen molar-refractivity contribution in [3.8, 4) is 0 Å². The fourth-order valence-electron chi connectivity index (χ4n) is 3.35. The molecule has 5 atom stereocenters. The van der Waals surface area contributed by atoms with Crippen molar-refractivity contribution in [2.75, 3.05) is 0 Å². The number of carboxylic acid groups (broad SMARTS) is 1. The van der Waals surface area contributed by atoms with E-state index in [9.17, 15) is 24.9 Å². The van der Waals surface area contributed by atoms with Gasteiger partial charge in [0.05, 0.1) is 24.2 Å². The average molecular weight is 283 g/mol. The quantitative estimate of drug-likeness (QED) is 0.640. The van der Waals surface area contributed by atoms with Crippen LogP contribution < -0.4 is 0 Å². The number of aliphatic hydroxyl groups excluding tert-OH is 2. The lowest BCUT2D eigenvalue weighted by atomic mass is 9.76. The van der Waals surface area contributed by atoms with Gasteiger partial charge < -0.3 is 20.2 Å². The number of rotatable bonds is 4. The number of carboxylic acids is 1. The van der Waals surface area contributed by atoms with Crippen molar-refractivity contribution < 1.29 is 24.9 Å². The summed E-state index contributed by atoms with van der Waals surface area (Å²) in [7, 11) is 0. The molecule has 0 radical (unpaired) electrons. The molecule has 0 aliphatic carbocycles. The third kappa shape index (κ3) is 1.86. The van der Waals surface area contributed by atoms with Crippen LogP contribution in [0, 0.1) is 17.8 Å². The van der Waals surface area contributed by atoms with Crippen LogP contribution in [-0.2, 0) is 9.59 Å². The Balaban J connectivity index is 2.45. The fourth-order valence-corrected chi connectivity index (χ4v) is 3.35. The smallest absolute Gasteiger partial charge is 0.352 e. The van der Waals surface area contributed by atoms with Crippen molar-refractivity contribution in [3.63, 3.8) is 0 Å². The van der Waals surface area contributed by atoms with Gasteiger partial charge >= 0.3 is 5.97 Å². The maximum atomic E-state index is 12.1. The maximum Gasteiger partial charge on any atom is 0.352 e. The first-order valence-corrected chi connectivity index (χ1v) is 6.86. The van der Waals surface area contributed by atoms with Crippen LogP contribution in [0.25, 0.3) is 0 Å². The topological polar surface area (TPSA) is 98.1 Å². The number of hydrogen-bond acceptors (Lipinski definition) is 4. The molecule has 2 aliphatic rings. The Morgan fingerprint density at radius 2 is 1.80 bits per heavy atom. The molecule has 3 N–H and O–H groups in total. The van der Waals surface area contributed by atoms with Crippen LogP contribution in [0.2, 0.25) is 0 Å². The third-order valence-corrected chi connectivity index (χ3v) is 4.38. The largest absolute Gasteiger partial charge is 0.477 e. The van der Waals surface area contributed by atoms with Gasteiger partial charge in [-0.2, -0.15) is 0 Å². The molecular weight excluding hydrogens is 262 g/mol. The van der Waals surface area contributed by atoms with Gasteiger partial charge in [-0.25, -0.2) is 4.79 Å². The van der Waals surface area contributed by atoms with Gasteiger partial charge in [0, 0.05) is 5.92 Å². The molecule has 2 heterocycles. The molecule has 6 nitrogen and oxygen atoms in total. The molecule has 0 unspecified atom stereocenters. The molecule has 20 heavy (non-hydrogen) atoms. The molecule has 0 saturated carbocycles. The number of aliphatic hydroxyl groups is 2. The van der Waals surface area contributed by atoms with E-state index in [0.717, 1.165) is 0 Å². The summed E-state index contributed by atoms with van der Waals surface area (Å²) in [5.41, 5.74) is 0.291. The first kappa shape index (κ1) is 15.0. The highest BCUT2D eigenvalue weighted by molar-refractivity contribution is 6.00. The maximum absolute atomic E-state index is 12.1. The number of carbonyl (C=O) groups excluding carboxylic acids is 1. The molecule has 1 fully saturated rings. The summed E-state index contributed by atoms with van der Waals surface area (Å²) in [6.07, 6.45) is -1.72. The number of amides is 1. The number of nitrogens with zero attached hydrogens (tertiary/aromatic N) is 1. The molecule has 0 aromatic heterocycles. The lowest BCUT2D eigenvalue weighted by Gasteiger charge is -2.46. The Morgan fingerprint density at radius 1 is 1.25 bits per heavy atom. The van der Waals surface area contributed by atoms with Crippen molar-refractivity contribution in [2.24, 2.45) is 17.8 Å². The van der Waals surface area contributed by atoms with E-state index in [1.165, 1.54) is 11.8 Å². The Hall–Kier alpha value is -1.40. The van der Waals surface area contributed by atoms with Crippen LogP contribution >= 0.6 is 0 Å². The molecule has 6 heteroatoms. The fraction of sp³-hybridized carbons (Fsp3) is 0.714. The minimum Gasteiger partial charge on any atom is -0.477 e. The van der Waals surface area contributed by atoms with E-state index >= 15 is 0 Å². The standard InChI is InChI=1S/C14H21NO5/c1-5(2)12(17)8-6(3)10-9(7(4)16)13(18)15(10)11(8)14(19)20/h5-7,9-10,12,16-17H,1-4H3,(H,19,20)/t6-,7+,9+,10+,12+/m0/s1. The van der Waals surface area contributed by atoms with Crippen molar-refractivity contribution in [3.05, 3.63) is 11.3 Å². The molecular formula is C14H21NO5. The molecule has 1 amide bonds. The minimum atomic E-state index is -1.20. The highest BCUT2D eigenvalue weighted by Gasteiger charge is 2.60. The normalized spacial score (nSPS) is 32.2. The molecule has 0 aromatic rings. The van der Waals surface area contributed by atoms with Crippen LogP contribution in [0.4, 0.5) is 0 Å². The zero-order chi connectivity index (χ0) is 15.4. The number of fused-ring (bicyclic) bond motifs is 1. The summed E-state index contributed by atoms with van der Waals surface area (Å²) < 4.78 is 0. The molecule has 0 spiro atoms. The summed E-state index contributed by atoms with van der Waals surface area (Å²) in [4.78, 5) is 24.8. The second-order valence-electron chi connectivity index (χ2n) is 6.05. The minimum absolute atomic E-state index is 0.106. The average Bonchev–Trinajstić information content (AvgIpc) is 2.57. The monoisotopic (exact) mass is 283 g/mol. The van der Waals surface area contributed by atoms with E-state index in [4.69, 9.17) is 0 Å². The van der Waals surface area contributed by atoms with Gasteiger partial charge in [0.1, 0.15) is 5.70 Å². The Morgan fingerprint density at radius 3 is 2.20 bits per heavy atom. The van der Waals surface area contributed by atoms with E-state index < -0.39 is 24.1 Å². The van der Waals surface area contributed by atoms with Gasteiger partial charge in [0.2, 0.25) is 5.91 Å². The molecule has 0 bridgehead atoms. The summed E-state index contributed by atoms with van der Waals surface area (Å²) in [6, 6.07) is -0.364. The van der Waals surface area contributed by atoms with Crippen molar-refractivity contribution in [2.45, 2.75) is 45.9 Å². The van der Waals surface area contributed by atoms with Crippen molar-refractivity contribution in [1.29, 1.82) is 0 Å². The van der Waals surface area contributed by atoms with Crippen molar-refractivity contribution >= 4 is 11.9 Å². The van der Waals surface area contributed by atoms with Crippen LogP contribution in [-0.4, -0.2) is 50.3 Å². The van der Waals surface area contributed by atoms with Gasteiger partial charge in [-0.15, -0.1) is 0 Å². The first-order chi connectivity index (χ1) is 9.20. The summed E-state index contributed by atoms with van der Waals surface area (Å²) >= 11 is 0. The third-order valence-electron chi connectivity index (χ3n) is 4.38. The number of hydrogen-bond donors (Lipinski definition) is 3. The number of carbonyl (C=O) groups is 2. The van der Waals surface area contributed by atoms with E-state index in [1.54, 1.807) is 20.8 Å². The van der Waals surface area contributed by atoms with Crippen LogP contribution in [0.3, 0.4) is 0 Å². The number of aliphatic carboxylic acids is 1. The SMILES string of the molecule is CC(C)[C@@H](O)C1=C(C(=O)O)N2C(=O)[C@H]([C@@H](C)O)[C@H]2[C@H]1C. The number of β-lactam (4-membered cyclic amide) rings is 1. The zero-order valence-corrected chi connectivity index (χ0v) is 12.1. The van der Waals surface area contributed by atoms with Crippen LogP contribution in [0.5, 0.6) is 0 Å². The lowest BCUT2D eigenvalue weighted by Crippen LogP contribution is -2.63. The van der Waals surface area contributed by atoms with Crippen LogP contribution in [0.15, 0.2) is 11.3 Å². The van der Waals surface area contributed by atoms with Crippen molar-refractivity contribution in [1.82, 2.24) is 4.90 Å². The van der Waals surface area contributed by atoms with E-state index in [0.29, 0.717) is 5.57 Å².